The molecule has 2 aliphatic carbocycles. The monoisotopic (exact) mass is 418 g/mol. The average molecular weight is 419 g/mol. The van der Waals surface area contributed by atoms with Crippen molar-refractivity contribution in [2.45, 2.75) is 44.1 Å². The lowest BCUT2D eigenvalue weighted by atomic mass is 9.92. The molecule has 0 radical (unpaired) electrons. The SMILES string of the molecule is [2H]C([2H])([2H])C#CC1(O)CC2CC(c3ncn(C)c3C(=O)Nc3ccc(F)c(Cl)c3)CC2C1. The lowest BCUT2D eigenvalue weighted by molar-refractivity contribution is 0.0979. The van der Waals surface area contributed by atoms with Crippen LogP contribution in [-0.4, -0.2) is 26.2 Å². The number of fused-ring (bicyclic) bond motifs is 1. The van der Waals surface area contributed by atoms with Crippen LogP contribution in [0.15, 0.2) is 24.5 Å². The summed E-state index contributed by atoms with van der Waals surface area (Å²) in [7, 11) is 1.74. The third-order valence-electron chi connectivity index (χ3n) is 6.08. The predicted molar refractivity (Wildman–Crippen MR) is 109 cm³/mol. The minimum absolute atomic E-state index is 0.0453. The minimum Gasteiger partial charge on any atom is -0.378 e. The molecular formula is C22H23ClFN3O2. The van der Waals surface area contributed by atoms with Gasteiger partial charge in [-0.1, -0.05) is 17.5 Å². The van der Waals surface area contributed by atoms with E-state index in [2.05, 4.69) is 22.1 Å². The summed E-state index contributed by atoms with van der Waals surface area (Å²) < 4.78 is 36.7. The van der Waals surface area contributed by atoms with Gasteiger partial charge in [0.15, 0.2) is 0 Å². The van der Waals surface area contributed by atoms with Crippen molar-refractivity contribution < 1.29 is 18.4 Å². The van der Waals surface area contributed by atoms with Gasteiger partial charge in [-0.05, 0) is 62.6 Å². The Hall–Kier alpha value is -2.36. The van der Waals surface area contributed by atoms with Crippen LogP contribution in [0.2, 0.25) is 5.02 Å². The van der Waals surface area contributed by atoms with Gasteiger partial charge in [-0.15, -0.1) is 5.92 Å². The van der Waals surface area contributed by atoms with Gasteiger partial charge in [0.1, 0.15) is 17.1 Å². The van der Waals surface area contributed by atoms with Gasteiger partial charge < -0.3 is 15.0 Å². The maximum Gasteiger partial charge on any atom is 0.274 e. The van der Waals surface area contributed by atoms with Crippen molar-refractivity contribution in [3.05, 3.63) is 46.8 Å². The van der Waals surface area contributed by atoms with Gasteiger partial charge in [-0.2, -0.15) is 0 Å². The molecule has 2 atom stereocenters. The summed E-state index contributed by atoms with van der Waals surface area (Å²) in [5.41, 5.74) is 0.216. The average Bonchev–Trinajstić information content (AvgIpc) is 3.33. The molecule has 0 bridgehead atoms. The predicted octanol–water partition coefficient (Wildman–Crippen LogP) is 4.12. The zero-order valence-corrected chi connectivity index (χ0v) is 16.6. The van der Waals surface area contributed by atoms with Gasteiger partial charge in [0.25, 0.3) is 5.91 Å². The van der Waals surface area contributed by atoms with E-state index in [0.717, 1.165) is 12.8 Å². The molecule has 29 heavy (non-hydrogen) atoms. The van der Waals surface area contributed by atoms with Gasteiger partial charge in [0.2, 0.25) is 0 Å². The molecule has 0 saturated heterocycles. The molecule has 1 aromatic carbocycles. The fourth-order valence-corrected chi connectivity index (χ4v) is 5.07. The van der Waals surface area contributed by atoms with Crippen LogP contribution in [0.3, 0.4) is 0 Å². The van der Waals surface area contributed by atoms with E-state index < -0.39 is 18.3 Å². The Bertz CT molecular complexity index is 1110. The number of hydrogen-bond donors (Lipinski definition) is 2. The van der Waals surface area contributed by atoms with Crippen molar-refractivity contribution in [2.75, 3.05) is 5.32 Å². The van der Waals surface area contributed by atoms with E-state index in [9.17, 15) is 14.3 Å². The Morgan fingerprint density at radius 2 is 2.17 bits per heavy atom. The molecule has 2 unspecified atom stereocenters. The number of imidazole rings is 1. The maximum absolute atomic E-state index is 13.4. The molecule has 0 aliphatic heterocycles. The summed E-state index contributed by atoms with van der Waals surface area (Å²) in [6.07, 6.45) is 3.90. The molecule has 1 heterocycles. The Morgan fingerprint density at radius 1 is 1.45 bits per heavy atom. The highest BCUT2D eigenvalue weighted by Crippen LogP contribution is 2.53. The van der Waals surface area contributed by atoms with Crippen LogP contribution in [-0.2, 0) is 7.05 Å². The van der Waals surface area contributed by atoms with Crippen LogP contribution in [0.5, 0.6) is 0 Å². The largest absolute Gasteiger partial charge is 0.378 e. The summed E-state index contributed by atoms with van der Waals surface area (Å²) in [4.78, 5) is 17.5. The summed E-state index contributed by atoms with van der Waals surface area (Å²) in [5.74, 6) is 4.26. The third kappa shape index (κ3) is 3.77. The van der Waals surface area contributed by atoms with Gasteiger partial charge >= 0.3 is 0 Å². The summed E-state index contributed by atoms with van der Waals surface area (Å²) >= 11 is 5.81. The summed E-state index contributed by atoms with van der Waals surface area (Å²) in [5, 5.41) is 13.4. The van der Waals surface area contributed by atoms with Crippen molar-refractivity contribution in [2.24, 2.45) is 18.9 Å². The van der Waals surface area contributed by atoms with Crippen molar-refractivity contribution in [3.8, 4) is 11.8 Å². The number of carbonyl (C=O) groups excluding carboxylic acids is 1. The Balaban J connectivity index is 1.48. The van der Waals surface area contributed by atoms with E-state index in [1.165, 1.54) is 18.2 Å². The standard InChI is InChI=1S/C22H23ClFN3O2/c1-3-6-22(29)10-14-7-13(8-15(14)11-22)19-20(27(2)12-25-19)21(28)26-16-4-5-18(24)17(23)9-16/h4-5,9,12-15,29H,7-8,10-11H2,1-2H3,(H,26,28)/i1D3. The van der Waals surface area contributed by atoms with Gasteiger partial charge in [-0.25, -0.2) is 9.37 Å². The van der Waals surface area contributed by atoms with Crippen molar-refractivity contribution in [1.82, 2.24) is 9.55 Å². The molecule has 0 spiro atoms. The summed E-state index contributed by atoms with van der Waals surface area (Å²) in [6.45, 7) is -2.39. The van der Waals surface area contributed by atoms with Crippen LogP contribution in [0.1, 0.15) is 58.7 Å². The first-order chi connectivity index (χ1) is 14.9. The first-order valence-corrected chi connectivity index (χ1v) is 9.86. The number of anilines is 1. The number of nitrogens with one attached hydrogen (secondary N) is 1. The van der Waals surface area contributed by atoms with E-state index in [1.807, 2.05) is 0 Å². The number of benzene rings is 1. The molecule has 152 valence electrons. The number of aliphatic hydroxyl groups is 1. The number of nitrogens with zero attached hydrogens (tertiary/aromatic N) is 2. The first kappa shape index (κ1) is 16.4. The van der Waals surface area contributed by atoms with Gasteiger partial charge in [-0.3, -0.25) is 4.79 Å². The van der Waals surface area contributed by atoms with Crippen LogP contribution in [0.25, 0.3) is 0 Å². The van der Waals surface area contributed by atoms with E-state index in [1.54, 1.807) is 17.9 Å². The van der Waals surface area contributed by atoms with Crippen LogP contribution < -0.4 is 5.32 Å². The van der Waals surface area contributed by atoms with Gasteiger partial charge in [0.05, 0.1) is 17.0 Å². The number of hydrogen-bond acceptors (Lipinski definition) is 3. The zero-order valence-electron chi connectivity index (χ0n) is 18.9. The number of halogens is 2. The van der Waals surface area contributed by atoms with Crippen molar-refractivity contribution in [3.63, 3.8) is 0 Å². The van der Waals surface area contributed by atoms with Crippen LogP contribution in [0, 0.1) is 29.5 Å². The highest BCUT2D eigenvalue weighted by Gasteiger charge is 2.49. The highest BCUT2D eigenvalue weighted by molar-refractivity contribution is 6.31. The molecule has 2 saturated carbocycles. The molecule has 7 heteroatoms. The molecule has 2 aromatic rings. The Morgan fingerprint density at radius 3 is 2.83 bits per heavy atom. The van der Waals surface area contributed by atoms with Crippen molar-refractivity contribution in [1.29, 1.82) is 0 Å². The topological polar surface area (TPSA) is 67.2 Å². The number of rotatable bonds is 3. The number of carbonyl (C=O) groups is 1. The van der Waals surface area contributed by atoms with E-state index in [4.69, 9.17) is 15.7 Å². The number of amides is 1. The lowest BCUT2D eigenvalue weighted by Gasteiger charge is -2.18. The maximum atomic E-state index is 13.4. The first-order valence-electron chi connectivity index (χ1n) is 11.0. The second kappa shape index (κ2) is 7.47. The molecule has 4 rings (SSSR count). The molecule has 1 amide bonds. The Kier molecular flexibility index (Phi) is 4.24. The minimum atomic E-state index is -2.39. The van der Waals surface area contributed by atoms with Gasteiger partial charge in [0, 0.05) is 22.8 Å². The molecule has 2 aliphatic rings. The zero-order chi connectivity index (χ0) is 23.3. The lowest BCUT2D eigenvalue weighted by Crippen LogP contribution is -2.23. The Labute approximate surface area is 178 Å². The molecule has 2 fully saturated rings. The highest BCUT2D eigenvalue weighted by atomic mass is 35.5. The molecular weight excluding hydrogens is 393 g/mol. The molecule has 1 aromatic heterocycles. The quantitative estimate of drug-likeness (QED) is 0.737. The second-order valence-corrected chi connectivity index (χ2v) is 8.46. The van der Waals surface area contributed by atoms with Crippen LogP contribution in [0.4, 0.5) is 10.1 Å². The van der Waals surface area contributed by atoms with Crippen LogP contribution >= 0.6 is 11.6 Å². The summed E-state index contributed by atoms with van der Waals surface area (Å²) in [6, 6.07) is 3.98. The third-order valence-corrected chi connectivity index (χ3v) is 6.37. The second-order valence-electron chi connectivity index (χ2n) is 8.05. The van der Waals surface area contributed by atoms with Crippen molar-refractivity contribution >= 4 is 23.2 Å². The van der Waals surface area contributed by atoms with E-state index in [-0.39, 0.29) is 28.7 Å². The number of aromatic nitrogens is 2. The fourth-order valence-electron chi connectivity index (χ4n) is 4.89. The number of aryl methyl sites for hydroxylation is 1. The van der Waals surface area contributed by atoms with E-state index >= 15 is 0 Å². The smallest absolute Gasteiger partial charge is 0.274 e. The normalized spacial score (nSPS) is 29.9. The molecule has 2 N–H and O–H groups in total. The molecule has 5 nitrogen and oxygen atoms in total. The van der Waals surface area contributed by atoms with E-state index in [0.29, 0.717) is 29.9 Å². The fraction of sp³-hybridized carbons (Fsp3) is 0.455.